The molecule has 1 aliphatic heterocycles. The van der Waals surface area contributed by atoms with E-state index in [9.17, 15) is 9.65 Å². The summed E-state index contributed by atoms with van der Waals surface area (Å²) >= 11 is 0. The molecule has 17 heavy (non-hydrogen) atoms. The molecule has 0 aliphatic carbocycles. The van der Waals surface area contributed by atoms with Gasteiger partial charge >= 0.3 is 0 Å². The average Bonchev–Trinajstić information content (AvgIpc) is 2.27. The van der Waals surface area contributed by atoms with Crippen molar-refractivity contribution in [3.63, 3.8) is 0 Å². The minimum Gasteiger partial charge on any atom is -0.378 e. The summed E-state index contributed by atoms with van der Waals surface area (Å²) < 4.78 is 18.4. The lowest BCUT2D eigenvalue weighted by Gasteiger charge is -2.41. The van der Waals surface area contributed by atoms with E-state index in [4.69, 9.17) is 4.74 Å². The van der Waals surface area contributed by atoms with E-state index in [-0.39, 0.29) is 11.9 Å². The van der Waals surface area contributed by atoms with Gasteiger partial charge in [0.05, 0.1) is 25.3 Å². The van der Waals surface area contributed by atoms with Crippen molar-refractivity contribution in [2.45, 2.75) is 13.0 Å². The molecule has 1 aromatic rings. The van der Waals surface area contributed by atoms with Crippen LogP contribution in [0.2, 0.25) is 0 Å². The first kappa shape index (κ1) is 12.0. The molecule has 0 amide bonds. The quantitative estimate of drug-likeness (QED) is 0.869. The summed E-state index contributed by atoms with van der Waals surface area (Å²) in [4.78, 5) is 0. The molecule has 90 valence electrons. The van der Waals surface area contributed by atoms with Crippen molar-refractivity contribution in [3.8, 4) is 6.07 Å². The van der Waals surface area contributed by atoms with Gasteiger partial charge in [-0.3, -0.25) is 0 Å². The smallest absolute Gasteiger partial charge is 0.126 e. The molecule has 1 N–H and O–H groups in total. The second-order valence-corrected chi connectivity index (χ2v) is 4.49. The maximum absolute atomic E-state index is 13.2. The van der Waals surface area contributed by atoms with Gasteiger partial charge in [0.25, 0.3) is 0 Å². The first-order valence-electron chi connectivity index (χ1n) is 5.55. The van der Waals surface area contributed by atoms with Crippen molar-refractivity contribution in [3.05, 3.63) is 35.1 Å². The van der Waals surface area contributed by atoms with Crippen LogP contribution in [0.4, 0.5) is 4.39 Å². The van der Waals surface area contributed by atoms with E-state index in [1.807, 2.05) is 0 Å². The van der Waals surface area contributed by atoms with Crippen LogP contribution in [0.15, 0.2) is 18.2 Å². The van der Waals surface area contributed by atoms with Crippen molar-refractivity contribution in [2.75, 3.05) is 20.3 Å². The Morgan fingerprint density at radius 3 is 2.65 bits per heavy atom. The largest absolute Gasteiger partial charge is 0.378 e. The van der Waals surface area contributed by atoms with Crippen molar-refractivity contribution in [1.82, 2.24) is 5.32 Å². The standard InChI is InChI=1S/C13H15FN2O/c1-9-5-10(3-4-11(9)14)12(16-2)13(6-15)7-17-8-13/h3-5,12,16H,7-8H2,1-2H3. The number of ether oxygens (including phenoxy) is 1. The molecule has 1 unspecified atom stereocenters. The molecule has 2 rings (SSSR count). The Bertz CT molecular complexity index is 463. The number of aryl methyl sites for hydroxylation is 1. The van der Waals surface area contributed by atoms with E-state index >= 15 is 0 Å². The van der Waals surface area contributed by atoms with Crippen LogP contribution in [0, 0.1) is 29.5 Å². The molecule has 0 aromatic heterocycles. The first-order chi connectivity index (χ1) is 8.13. The van der Waals surface area contributed by atoms with Crippen LogP contribution in [-0.4, -0.2) is 20.3 Å². The zero-order chi connectivity index (χ0) is 12.5. The number of hydrogen-bond donors (Lipinski definition) is 1. The lowest BCUT2D eigenvalue weighted by Crippen LogP contribution is -2.50. The Labute approximate surface area is 100 Å². The predicted molar refractivity (Wildman–Crippen MR) is 61.8 cm³/mol. The van der Waals surface area contributed by atoms with E-state index in [0.29, 0.717) is 18.8 Å². The number of benzene rings is 1. The SMILES string of the molecule is CNC(c1ccc(F)c(C)c1)C1(C#N)COC1. The van der Waals surface area contributed by atoms with Crippen LogP contribution < -0.4 is 5.32 Å². The summed E-state index contributed by atoms with van der Waals surface area (Å²) in [5, 5.41) is 12.4. The lowest BCUT2D eigenvalue weighted by atomic mass is 9.76. The van der Waals surface area contributed by atoms with Crippen LogP contribution in [0.25, 0.3) is 0 Å². The first-order valence-corrected chi connectivity index (χ1v) is 5.55. The molecule has 1 saturated heterocycles. The molecule has 3 nitrogen and oxygen atoms in total. The molecule has 4 heteroatoms. The number of nitrogens with one attached hydrogen (secondary N) is 1. The number of nitriles is 1. The fraction of sp³-hybridized carbons (Fsp3) is 0.462. The molecule has 1 aliphatic rings. The van der Waals surface area contributed by atoms with Gasteiger partial charge in [-0.2, -0.15) is 5.26 Å². The van der Waals surface area contributed by atoms with Gasteiger partial charge in [-0.05, 0) is 31.2 Å². The zero-order valence-electron chi connectivity index (χ0n) is 9.96. The number of rotatable bonds is 3. The summed E-state index contributed by atoms with van der Waals surface area (Å²) in [5.74, 6) is -0.223. The topological polar surface area (TPSA) is 45.0 Å². The average molecular weight is 234 g/mol. The molecule has 1 atom stereocenters. The van der Waals surface area contributed by atoms with Gasteiger partial charge in [0.2, 0.25) is 0 Å². The van der Waals surface area contributed by atoms with Crippen molar-refractivity contribution in [2.24, 2.45) is 5.41 Å². The van der Waals surface area contributed by atoms with Gasteiger partial charge < -0.3 is 10.1 Å². The second-order valence-electron chi connectivity index (χ2n) is 4.49. The molecule has 1 aromatic carbocycles. The predicted octanol–water partition coefficient (Wildman–Crippen LogP) is 1.93. The normalized spacial score (nSPS) is 19.2. The van der Waals surface area contributed by atoms with Gasteiger partial charge in [-0.15, -0.1) is 0 Å². The molecular weight excluding hydrogens is 219 g/mol. The summed E-state index contributed by atoms with van der Waals surface area (Å²) in [5.41, 5.74) is 0.992. The van der Waals surface area contributed by atoms with Gasteiger partial charge in [0.15, 0.2) is 0 Å². The number of hydrogen-bond acceptors (Lipinski definition) is 3. The second kappa shape index (κ2) is 4.44. The highest BCUT2D eigenvalue weighted by molar-refractivity contribution is 5.31. The minimum atomic E-state index is -0.529. The summed E-state index contributed by atoms with van der Waals surface area (Å²) in [6.07, 6.45) is 0. The summed E-state index contributed by atoms with van der Waals surface area (Å²) in [6.45, 7) is 2.57. The van der Waals surface area contributed by atoms with Crippen molar-refractivity contribution >= 4 is 0 Å². The number of halogens is 1. The van der Waals surface area contributed by atoms with Crippen molar-refractivity contribution < 1.29 is 9.13 Å². The van der Waals surface area contributed by atoms with Gasteiger partial charge in [0.1, 0.15) is 11.2 Å². The molecule has 0 radical (unpaired) electrons. The zero-order valence-corrected chi connectivity index (χ0v) is 9.96. The van der Waals surface area contributed by atoms with Crippen molar-refractivity contribution in [1.29, 1.82) is 5.26 Å². The van der Waals surface area contributed by atoms with Crippen LogP contribution in [0.1, 0.15) is 17.2 Å². The van der Waals surface area contributed by atoms with Crippen LogP contribution in [0.3, 0.4) is 0 Å². The highest BCUT2D eigenvalue weighted by Gasteiger charge is 2.46. The Hall–Kier alpha value is -1.44. The Morgan fingerprint density at radius 1 is 1.53 bits per heavy atom. The maximum atomic E-state index is 13.2. The van der Waals surface area contributed by atoms with E-state index in [2.05, 4.69) is 11.4 Å². The maximum Gasteiger partial charge on any atom is 0.126 e. The molecule has 1 heterocycles. The summed E-state index contributed by atoms with van der Waals surface area (Å²) in [6, 6.07) is 7.15. The molecule has 1 fully saturated rings. The Morgan fingerprint density at radius 2 is 2.24 bits per heavy atom. The highest BCUT2D eigenvalue weighted by Crippen LogP contribution is 2.40. The fourth-order valence-electron chi connectivity index (χ4n) is 2.23. The van der Waals surface area contributed by atoms with Crippen LogP contribution >= 0.6 is 0 Å². The Kier molecular flexibility index (Phi) is 3.14. The Balaban J connectivity index is 2.36. The molecular formula is C13H15FN2O. The molecule has 0 saturated carbocycles. The van der Waals surface area contributed by atoms with Crippen LogP contribution in [0.5, 0.6) is 0 Å². The van der Waals surface area contributed by atoms with Crippen LogP contribution in [-0.2, 0) is 4.74 Å². The van der Waals surface area contributed by atoms with E-state index in [1.165, 1.54) is 6.07 Å². The fourth-order valence-corrected chi connectivity index (χ4v) is 2.23. The highest BCUT2D eigenvalue weighted by atomic mass is 19.1. The van der Waals surface area contributed by atoms with E-state index in [0.717, 1.165) is 5.56 Å². The van der Waals surface area contributed by atoms with Gasteiger partial charge in [-0.1, -0.05) is 12.1 Å². The third kappa shape index (κ3) is 1.92. The third-order valence-electron chi connectivity index (χ3n) is 3.30. The van der Waals surface area contributed by atoms with E-state index in [1.54, 1.807) is 26.1 Å². The monoisotopic (exact) mass is 234 g/mol. The molecule has 0 spiro atoms. The minimum absolute atomic E-state index is 0.124. The van der Waals surface area contributed by atoms with Gasteiger partial charge in [-0.25, -0.2) is 4.39 Å². The number of nitrogens with zero attached hydrogens (tertiary/aromatic N) is 1. The summed E-state index contributed by atoms with van der Waals surface area (Å²) in [7, 11) is 1.81. The third-order valence-corrected chi connectivity index (χ3v) is 3.30. The lowest BCUT2D eigenvalue weighted by molar-refractivity contribution is -0.0963. The van der Waals surface area contributed by atoms with E-state index < -0.39 is 5.41 Å². The van der Waals surface area contributed by atoms with Gasteiger partial charge in [0, 0.05) is 0 Å². The molecule has 0 bridgehead atoms.